The molecule has 0 saturated heterocycles. The fraction of sp³-hybridized carbons (Fsp3) is 0.474. The summed E-state index contributed by atoms with van der Waals surface area (Å²) in [5.74, 6) is 1.43. The minimum absolute atomic E-state index is 0.0423. The van der Waals surface area contributed by atoms with E-state index in [-0.39, 0.29) is 17.1 Å². The largest absolute Gasteiger partial charge is 0.354 e. The van der Waals surface area contributed by atoms with E-state index in [1.165, 1.54) is 12.1 Å². The van der Waals surface area contributed by atoms with E-state index in [2.05, 4.69) is 29.1 Å². The van der Waals surface area contributed by atoms with Crippen LogP contribution in [0.3, 0.4) is 0 Å². The average Bonchev–Trinajstić information content (AvgIpc) is 2.93. The fourth-order valence-electron chi connectivity index (χ4n) is 3.45. The molecule has 25 heavy (non-hydrogen) atoms. The third-order valence-electron chi connectivity index (χ3n) is 5.17. The van der Waals surface area contributed by atoms with Crippen molar-refractivity contribution in [3.8, 4) is 0 Å². The maximum Gasteiger partial charge on any atom is 0.231 e. The van der Waals surface area contributed by atoms with Gasteiger partial charge in [-0.25, -0.2) is 9.37 Å². The summed E-state index contributed by atoms with van der Waals surface area (Å²) in [4.78, 5) is 20.2. The molecule has 1 saturated carbocycles. The zero-order valence-electron chi connectivity index (χ0n) is 14.9. The molecule has 134 valence electrons. The van der Waals surface area contributed by atoms with Gasteiger partial charge in [-0.3, -0.25) is 4.79 Å². The zero-order valence-corrected chi connectivity index (χ0v) is 15.7. The Hall–Kier alpha value is -1.82. The molecule has 6 heteroatoms. The number of thioether (sulfide) groups is 1. The van der Waals surface area contributed by atoms with Gasteiger partial charge in [-0.2, -0.15) is 11.8 Å². The third-order valence-corrected chi connectivity index (χ3v) is 6.14. The molecule has 1 aliphatic rings. The zero-order chi connectivity index (χ0) is 18.1. The van der Waals surface area contributed by atoms with Crippen LogP contribution in [0.25, 0.3) is 0 Å². The molecule has 1 aromatic carbocycles. The quantitative estimate of drug-likeness (QED) is 0.741. The second kappa shape index (κ2) is 6.83. The smallest absolute Gasteiger partial charge is 0.231 e. The number of hydrogen-bond donors (Lipinski definition) is 2. The molecule has 4 nitrogen and oxygen atoms in total. The summed E-state index contributed by atoms with van der Waals surface area (Å²) in [5, 5.41) is 3.07. The molecule has 0 radical (unpaired) electrons. The van der Waals surface area contributed by atoms with Gasteiger partial charge in [0.2, 0.25) is 5.91 Å². The van der Waals surface area contributed by atoms with Crippen molar-refractivity contribution in [3.05, 3.63) is 53.4 Å². The lowest BCUT2D eigenvalue weighted by Crippen LogP contribution is -2.38. The maximum atomic E-state index is 13.2. The molecule has 1 amide bonds. The fourth-order valence-corrected chi connectivity index (χ4v) is 4.33. The molecule has 1 atom stereocenters. The Morgan fingerprint density at radius 1 is 1.36 bits per heavy atom. The summed E-state index contributed by atoms with van der Waals surface area (Å²) < 4.78 is 13.2. The number of aromatic nitrogens is 2. The number of aromatic amines is 1. The Labute approximate surface area is 152 Å². The van der Waals surface area contributed by atoms with Crippen molar-refractivity contribution in [2.45, 2.75) is 38.4 Å². The Bertz CT molecular complexity index is 756. The van der Waals surface area contributed by atoms with E-state index in [0.29, 0.717) is 6.54 Å². The van der Waals surface area contributed by atoms with Gasteiger partial charge < -0.3 is 10.3 Å². The molecular formula is C19H24FN3OS. The number of amides is 1. The van der Waals surface area contributed by atoms with Gasteiger partial charge in [-0.15, -0.1) is 0 Å². The summed E-state index contributed by atoms with van der Waals surface area (Å²) in [6.07, 6.45) is 2.49. The van der Waals surface area contributed by atoms with Gasteiger partial charge in [-0.1, -0.05) is 26.0 Å². The molecule has 1 fully saturated rings. The van der Waals surface area contributed by atoms with Crippen LogP contribution in [0, 0.1) is 18.2 Å². The normalized spacial score (nSPS) is 21.1. The lowest BCUT2D eigenvalue weighted by Gasteiger charge is -2.20. The molecular weight excluding hydrogens is 337 g/mol. The van der Waals surface area contributed by atoms with Crippen molar-refractivity contribution in [1.82, 2.24) is 15.3 Å². The molecule has 1 aromatic heterocycles. The van der Waals surface area contributed by atoms with Crippen LogP contribution in [0.5, 0.6) is 0 Å². The molecule has 3 rings (SSSR count). The van der Waals surface area contributed by atoms with E-state index in [9.17, 15) is 9.18 Å². The van der Waals surface area contributed by atoms with E-state index >= 15 is 0 Å². The number of carbonyl (C=O) groups is 1. The number of halogens is 1. The van der Waals surface area contributed by atoms with Crippen molar-refractivity contribution in [3.63, 3.8) is 0 Å². The minimum Gasteiger partial charge on any atom is -0.354 e. The van der Waals surface area contributed by atoms with Crippen LogP contribution in [0.1, 0.15) is 37.2 Å². The first-order chi connectivity index (χ1) is 11.9. The number of aryl methyl sites for hydroxylation is 1. The number of imidazole rings is 1. The Balaban J connectivity index is 1.54. The predicted molar refractivity (Wildman–Crippen MR) is 99.0 cm³/mol. The summed E-state index contributed by atoms with van der Waals surface area (Å²) in [6, 6.07) is 6.33. The highest BCUT2D eigenvalue weighted by Gasteiger charge is 2.66. The standard InChI is InChI=1S/C19H24FN3OS/c1-13-16(23-12-22-13)10-25-9-8-21-17(24)19(11-18(19,2)3)14-4-6-15(20)7-5-14/h4-7,12H,8-11H2,1-3H3,(H,21,24)(H,22,23)/t19-/m0/s1. The lowest BCUT2D eigenvalue weighted by molar-refractivity contribution is -0.124. The van der Waals surface area contributed by atoms with Gasteiger partial charge in [0.25, 0.3) is 0 Å². The topological polar surface area (TPSA) is 57.8 Å². The van der Waals surface area contributed by atoms with Gasteiger partial charge >= 0.3 is 0 Å². The number of benzene rings is 1. The van der Waals surface area contributed by atoms with Crippen LogP contribution in [-0.4, -0.2) is 28.2 Å². The van der Waals surface area contributed by atoms with Gasteiger partial charge in [-0.05, 0) is 36.5 Å². The SMILES string of the molecule is Cc1[nH]cnc1CSCCNC(=O)[C@@]1(c2ccc(F)cc2)CC1(C)C. The third kappa shape index (κ3) is 3.45. The first-order valence-electron chi connectivity index (χ1n) is 8.48. The van der Waals surface area contributed by atoms with E-state index in [0.717, 1.165) is 34.9 Å². The lowest BCUT2D eigenvalue weighted by atomic mass is 9.87. The summed E-state index contributed by atoms with van der Waals surface area (Å²) >= 11 is 1.75. The molecule has 0 bridgehead atoms. The first-order valence-corrected chi connectivity index (χ1v) is 9.63. The van der Waals surface area contributed by atoms with Crippen LogP contribution in [-0.2, 0) is 16.0 Å². The molecule has 1 aliphatic carbocycles. The number of nitrogens with one attached hydrogen (secondary N) is 2. The van der Waals surface area contributed by atoms with Crippen LogP contribution in [0.2, 0.25) is 0 Å². The minimum atomic E-state index is -0.538. The molecule has 2 N–H and O–H groups in total. The molecule has 2 aromatic rings. The first kappa shape index (κ1) is 18.0. The highest BCUT2D eigenvalue weighted by molar-refractivity contribution is 7.98. The number of H-pyrrole nitrogens is 1. The van der Waals surface area contributed by atoms with Crippen molar-refractivity contribution in [1.29, 1.82) is 0 Å². The maximum absolute atomic E-state index is 13.2. The predicted octanol–water partition coefficient (Wildman–Crippen LogP) is 3.57. The van der Waals surface area contributed by atoms with Crippen molar-refractivity contribution < 1.29 is 9.18 Å². The van der Waals surface area contributed by atoms with Gasteiger partial charge in [0.15, 0.2) is 0 Å². The number of nitrogens with zero attached hydrogens (tertiary/aromatic N) is 1. The van der Waals surface area contributed by atoms with Gasteiger partial charge in [0.1, 0.15) is 5.82 Å². The molecule has 1 heterocycles. The number of rotatable bonds is 7. The van der Waals surface area contributed by atoms with Gasteiger partial charge in [0.05, 0.1) is 17.4 Å². The van der Waals surface area contributed by atoms with Crippen molar-refractivity contribution in [2.24, 2.45) is 5.41 Å². The molecule has 0 spiro atoms. The molecule has 0 unspecified atom stereocenters. The van der Waals surface area contributed by atoms with E-state index < -0.39 is 5.41 Å². The van der Waals surface area contributed by atoms with Crippen LogP contribution >= 0.6 is 11.8 Å². The monoisotopic (exact) mass is 361 g/mol. The summed E-state index contributed by atoms with van der Waals surface area (Å²) in [7, 11) is 0. The number of hydrogen-bond acceptors (Lipinski definition) is 3. The Morgan fingerprint density at radius 2 is 2.04 bits per heavy atom. The average molecular weight is 361 g/mol. The van der Waals surface area contributed by atoms with Gasteiger partial charge in [0, 0.05) is 23.7 Å². The highest BCUT2D eigenvalue weighted by Crippen LogP contribution is 2.64. The van der Waals surface area contributed by atoms with E-state index in [1.54, 1.807) is 30.2 Å². The second-order valence-corrected chi connectivity index (χ2v) is 8.36. The summed E-state index contributed by atoms with van der Waals surface area (Å²) in [6.45, 7) is 6.80. The van der Waals surface area contributed by atoms with Crippen molar-refractivity contribution in [2.75, 3.05) is 12.3 Å². The van der Waals surface area contributed by atoms with Crippen LogP contribution in [0.15, 0.2) is 30.6 Å². The van der Waals surface area contributed by atoms with E-state index in [4.69, 9.17) is 0 Å². The Morgan fingerprint density at radius 3 is 2.60 bits per heavy atom. The molecule has 0 aliphatic heterocycles. The van der Waals surface area contributed by atoms with E-state index in [1.807, 2.05) is 6.92 Å². The Kier molecular flexibility index (Phi) is 4.91. The highest BCUT2D eigenvalue weighted by atomic mass is 32.2. The number of carbonyl (C=O) groups excluding carboxylic acids is 1. The summed E-state index contributed by atoms with van der Waals surface area (Å²) in [5.41, 5.74) is 2.41. The second-order valence-electron chi connectivity index (χ2n) is 7.26. The van der Waals surface area contributed by atoms with Crippen LogP contribution < -0.4 is 5.32 Å². The van der Waals surface area contributed by atoms with Crippen LogP contribution in [0.4, 0.5) is 4.39 Å². The van der Waals surface area contributed by atoms with Crippen molar-refractivity contribution >= 4 is 17.7 Å².